The lowest BCUT2D eigenvalue weighted by molar-refractivity contribution is 0.128. The number of hydrogen-bond acceptors (Lipinski definition) is 3. The van der Waals surface area contributed by atoms with Crippen LogP contribution in [0.4, 0.5) is 0 Å². The average molecular weight is 241 g/mol. The molecule has 0 saturated carbocycles. The highest BCUT2D eigenvalue weighted by Gasteiger charge is 2.15. The summed E-state index contributed by atoms with van der Waals surface area (Å²) in [7, 11) is 0. The molecule has 0 atom stereocenters. The van der Waals surface area contributed by atoms with Crippen LogP contribution < -0.4 is 5.73 Å². The zero-order chi connectivity index (χ0) is 12.5. The third-order valence-electron chi connectivity index (χ3n) is 3.65. The molecule has 1 aliphatic heterocycles. The van der Waals surface area contributed by atoms with Crippen molar-refractivity contribution < 1.29 is 0 Å². The summed E-state index contributed by atoms with van der Waals surface area (Å²) in [5.74, 6) is 0.854. The summed E-state index contributed by atoms with van der Waals surface area (Å²) in [6.07, 6.45) is 5.18. The molecule has 0 aromatic carbocycles. The zero-order valence-corrected chi connectivity index (χ0v) is 11.8. The second kappa shape index (κ2) is 8.90. The van der Waals surface area contributed by atoms with Crippen LogP contribution in [0.3, 0.4) is 0 Å². The van der Waals surface area contributed by atoms with Crippen LogP contribution in [0.25, 0.3) is 0 Å². The maximum atomic E-state index is 5.52. The third-order valence-corrected chi connectivity index (χ3v) is 3.65. The van der Waals surface area contributed by atoms with Gasteiger partial charge in [0.1, 0.15) is 0 Å². The summed E-state index contributed by atoms with van der Waals surface area (Å²) in [5, 5.41) is 0. The van der Waals surface area contributed by atoms with Gasteiger partial charge >= 0.3 is 0 Å². The first kappa shape index (κ1) is 14.9. The van der Waals surface area contributed by atoms with Gasteiger partial charge in [-0.2, -0.15) is 0 Å². The van der Waals surface area contributed by atoms with Crippen molar-refractivity contribution in [2.24, 2.45) is 11.7 Å². The first-order valence-electron chi connectivity index (χ1n) is 7.37. The molecule has 0 amide bonds. The van der Waals surface area contributed by atoms with Crippen LogP contribution in [0.1, 0.15) is 39.5 Å². The lowest BCUT2D eigenvalue weighted by Crippen LogP contribution is -2.46. The summed E-state index contributed by atoms with van der Waals surface area (Å²) >= 11 is 0. The molecule has 2 N–H and O–H groups in total. The summed E-state index contributed by atoms with van der Waals surface area (Å²) < 4.78 is 0. The van der Waals surface area contributed by atoms with Crippen molar-refractivity contribution in [3.8, 4) is 0 Å². The Hall–Kier alpha value is -0.120. The predicted molar refractivity (Wildman–Crippen MR) is 75.2 cm³/mol. The Morgan fingerprint density at radius 3 is 1.88 bits per heavy atom. The number of unbranched alkanes of at least 4 members (excludes halogenated alkanes) is 1. The molecule has 102 valence electrons. The van der Waals surface area contributed by atoms with Crippen molar-refractivity contribution in [2.75, 3.05) is 45.8 Å². The Bertz CT molecular complexity index is 174. The molecular weight excluding hydrogens is 210 g/mol. The second-order valence-electron chi connectivity index (χ2n) is 5.72. The minimum absolute atomic E-state index is 0.842. The van der Waals surface area contributed by atoms with E-state index in [9.17, 15) is 0 Å². The molecule has 0 bridgehead atoms. The van der Waals surface area contributed by atoms with Gasteiger partial charge in [-0.15, -0.1) is 0 Å². The van der Waals surface area contributed by atoms with Gasteiger partial charge in [0.05, 0.1) is 0 Å². The lowest BCUT2D eigenvalue weighted by Gasteiger charge is -2.34. The molecule has 0 aromatic heterocycles. The van der Waals surface area contributed by atoms with E-state index in [-0.39, 0.29) is 0 Å². The molecule has 3 heteroatoms. The van der Waals surface area contributed by atoms with E-state index in [2.05, 4.69) is 23.6 Å². The van der Waals surface area contributed by atoms with Gasteiger partial charge in [-0.3, -0.25) is 0 Å². The molecule has 0 aliphatic carbocycles. The zero-order valence-electron chi connectivity index (χ0n) is 11.8. The molecule has 0 radical (unpaired) electrons. The van der Waals surface area contributed by atoms with E-state index in [0.29, 0.717) is 0 Å². The Morgan fingerprint density at radius 1 is 0.882 bits per heavy atom. The van der Waals surface area contributed by atoms with Crippen molar-refractivity contribution in [2.45, 2.75) is 39.5 Å². The van der Waals surface area contributed by atoms with E-state index in [1.54, 1.807) is 0 Å². The summed E-state index contributed by atoms with van der Waals surface area (Å²) in [5.41, 5.74) is 5.52. The van der Waals surface area contributed by atoms with Crippen molar-refractivity contribution in [1.29, 1.82) is 0 Å². The van der Waals surface area contributed by atoms with E-state index in [1.165, 1.54) is 65.0 Å². The van der Waals surface area contributed by atoms with Crippen molar-refractivity contribution in [3.05, 3.63) is 0 Å². The first-order valence-corrected chi connectivity index (χ1v) is 7.37. The van der Waals surface area contributed by atoms with E-state index in [0.717, 1.165) is 12.5 Å². The van der Waals surface area contributed by atoms with Crippen LogP contribution in [0, 0.1) is 5.92 Å². The summed E-state index contributed by atoms with van der Waals surface area (Å²) in [6, 6.07) is 0. The van der Waals surface area contributed by atoms with Gasteiger partial charge in [-0.05, 0) is 51.2 Å². The third kappa shape index (κ3) is 7.02. The fourth-order valence-corrected chi connectivity index (χ4v) is 2.44. The minimum atomic E-state index is 0.842. The topological polar surface area (TPSA) is 32.5 Å². The molecule has 0 aromatic rings. The Kier molecular flexibility index (Phi) is 7.82. The number of hydrogen-bond donors (Lipinski definition) is 1. The molecule has 0 unspecified atom stereocenters. The van der Waals surface area contributed by atoms with E-state index >= 15 is 0 Å². The highest BCUT2D eigenvalue weighted by molar-refractivity contribution is 4.71. The van der Waals surface area contributed by atoms with Crippen LogP contribution in [0.15, 0.2) is 0 Å². The highest BCUT2D eigenvalue weighted by Crippen LogP contribution is 2.08. The van der Waals surface area contributed by atoms with Crippen molar-refractivity contribution >= 4 is 0 Å². The lowest BCUT2D eigenvalue weighted by atomic mass is 10.1. The smallest absolute Gasteiger partial charge is 0.0110 e. The molecule has 17 heavy (non-hydrogen) atoms. The molecule has 1 heterocycles. The van der Waals surface area contributed by atoms with Gasteiger partial charge in [0.25, 0.3) is 0 Å². The normalized spacial score (nSPS) is 19.1. The Morgan fingerprint density at radius 2 is 1.41 bits per heavy atom. The van der Waals surface area contributed by atoms with Crippen LogP contribution in [-0.4, -0.2) is 55.6 Å². The average Bonchev–Trinajstić information content (AvgIpc) is 2.31. The first-order chi connectivity index (χ1) is 8.22. The maximum absolute atomic E-state index is 5.52. The number of nitrogens with zero attached hydrogens (tertiary/aromatic N) is 2. The molecule has 1 fully saturated rings. The fourth-order valence-electron chi connectivity index (χ4n) is 2.44. The van der Waals surface area contributed by atoms with E-state index in [4.69, 9.17) is 5.73 Å². The standard InChI is InChI=1S/C14H31N3/c1-14(2)6-5-9-17-12-10-16(11-13-17)8-4-3-7-15/h14H,3-13,15H2,1-2H3. The minimum Gasteiger partial charge on any atom is -0.330 e. The Balaban J connectivity index is 2.01. The van der Waals surface area contributed by atoms with Gasteiger partial charge < -0.3 is 15.5 Å². The quantitative estimate of drug-likeness (QED) is 0.658. The van der Waals surface area contributed by atoms with Gasteiger partial charge in [0.2, 0.25) is 0 Å². The Labute approximate surface area is 107 Å². The summed E-state index contributed by atoms with van der Waals surface area (Å²) in [6.45, 7) is 13.1. The molecule has 3 nitrogen and oxygen atoms in total. The number of piperazine rings is 1. The van der Waals surface area contributed by atoms with Crippen LogP contribution in [0.2, 0.25) is 0 Å². The predicted octanol–water partition coefficient (Wildman–Crippen LogP) is 1.78. The number of rotatable bonds is 8. The van der Waals surface area contributed by atoms with Crippen LogP contribution in [0.5, 0.6) is 0 Å². The number of nitrogens with two attached hydrogens (primary N) is 1. The summed E-state index contributed by atoms with van der Waals surface area (Å²) in [4.78, 5) is 5.22. The molecular formula is C14H31N3. The van der Waals surface area contributed by atoms with Gasteiger partial charge in [0, 0.05) is 26.2 Å². The molecule has 1 saturated heterocycles. The van der Waals surface area contributed by atoms with Crippen molar-refractivity contribution in [3.63, 3.8) is 0 Å². The van der Waals surface area contributed by atoms with Gasteiger partial charge in [0.15, 0.2) is 0 Å². The molecule has 1 rings (SSSR count). The van der Waals surface area contributed by atoms with Crippen molar-refractivity contribution in [1.82, 2.24) is 9.80 Å². The fraction of sp³-hybridized carbons (Fsp3) is 1.00. The SMILES string of the molecule is CC(C)CCCN1CCN(CCCCN)CC1. The van der Waals surface area contributed by atoms with E-state index < -0.39 is 0 Å². The maximum Gasteiger partial charge on any atom is 0.0110 e. The van der Waals surface area contributed by atoms with Crippen LogP contribution in [-0.2, 0) is 0 Å². The largest absolute Gasteiger partial charge is 0.330 e. The monoisotopic (exact) mass is 241 g/mol. The van der Waals surface area contributed by atoms with Gasteiger partial charge in [-0.1, -0.05) is 13.8 Å². The van der Waals surface area contributed by atoms with E-state index in [1.807, 2.05) is 0 Å². The van der Waals surface area contributed by atoms with Gasteiger partial charge in [-0.25, -0.2) is 0 Å². The second-order valence-corrected chi connectivity index (χ2v) is 5.72. The van der Waals surface area contributed by atoms with Crippen LogP contribution >= 0.6 is 0 Å². The highest BCUT2D eigenvalue weighted by atomic mass is 15.3. The molecule has 0 spiro atoms. The molecule has 1 aliphatic rings.